The van der Waals surface area contributed by atoms with Crippen LogP contribution in [0, 0.1) is 5.92 Å². The molecule has 7 nitrogen and oxygen atoms in total. The van der Waals surface area contributed by atoms with Gasteiger partial charge in [0.05, 0.1) is 18.8 Å². The number of hydrogen-bond acceptors (Lipinski definition) is 6. The Hall–Kier alpha value is -2.29. The molecule has 3 fully saturated rings. The highest BCUT2D eigenvalue weighted by Crippen LogP contribution is 2.42. The summed E-state index contributed by atoms with van der Waals surface area (Å²) in [5.74, 6) is 0.0526. The Bertz CT molecular complexity index is 1040. The minimum Gasteiger partial charge on any atom is -0.392 e. The van der Waals surface area contributed by atoms with Gasteiger partial charge in [-0.25, -0.2) is 0 Å². The molecule has 7 heteroatoms. The number of carbonyl (C=O) groups excluding carboxylic acids is 1. The number of benzene rings is 2. The molecule has 3 aliphatic heterocycles. The van der Waals surface area contributed by atoms with E-state index in [4.69, 9.17) is 9.47 Å². The zero-order valence-electron chi connectivity index (χ0n) is 22.1. The molecule has 0 aliphatic carbocycles. The van der Waals surface area contributed by atoms with Gasteiger partial charge in [0.2, 0.25) is 5.91 Å². The molecule has 1 amide bonds. The molecular weight excluding hydrogens is 466 g/mol. The monoisotopic (exact) mass is 507 g/mol. The maximum absolute atomic E-state index is 11.6. The number of likely N-dealkylation sites (tertiary alicyclic amines) is 2. The van der Waals surface area contributed by atoms with E-state index in [1.54, 1.807) is 0 Å². The van der Waals surface area contributed by atoms with Crippen LogP contribution in [-0.2, 0) is 20.9 Å². The van der Waals surface area contributed by atoms with Crippen LogP contribution in [0.15, 0.2) is 48.5 Å². The van der Waals surface area contributed by atoms with E-state index >= 15 is 0 Å². The van der Waals surface area contributed by atoms with E-state index in [1.807, 2.05) is 36.4 Å². The summed E-state index contributed by atoms with van der Waals surface area (Å²) in [5.41, 5.74) is 3.62. The van der Waals surface area contributed by atoms with Gasteiger partial charge in [-0.15, -0.1) is 0 Å². The average Bonchev–Trinajstić information content (AvgIpc) is 3.58. The van der Waals surface area contributed by atoms with Gasteiger partial charge >= 0.3 is 0 Å². The van der Waals surface area contributed by atoms with Crippen molar-refractivity contribution in [1.29, 1.82) is 0 Å². The van der Waals surface area contributed by atoms with Crippen LogP contribution in [0.2, 0.25) is 0 Å². The predicted molar refractivity (Wildman–Crippen MR) is 144 cm³/mol. The number of aliphatic hydroxyl groups is 1. The van der Waals surface area contributed by atoms with Crippen molar-refractivity contribution in [3.8, 4) is 0 Å². The second-order valence-electron chi connectivity index (χ2n) is 10.9. The molecule has 3 heterocycles. The average molecular weight is 508 g/mol. The highest BCUT2D eigenvalue weighted by Gasteiger charge is 2.40. The van der Waals surface area contributed by atoms with E-state index in [-0.39, 0.29) is 30.6 Å². The van der Waals surface area contributed by atoms with Crippen LogP contribution >= 0.6 is 0 Å². The third-order valence-corrected chi connectivity index (χ3v) is 8.18. The van der Waals surface area contributed by atoms with Crippen LogP contribution in [0.3, 0.4) is 0 Å². The molecule has 2 N–H and O–H groups in total. The zero-order chi connectivity index (χ0) is 25.8. The van der Waals surface area contributed by atoms with Gasteiger partial charge in [0.15, 0.2) is 6.29 Å². The first kappa shape index (κ1) is 26.3. The fraction of sp³-hybridized carbons (Fsp3) is 0.567. The molecule has 2 aromatic rings. The summed E-state index contributed by atoms with van der Waals surface area (Å²) >= 11 is 0. The number of nitrogens with one attached hydrogen (secondary N) is 1. The van der Waals surface area contributed by atoms with Crippen molar-refractivity contribution in [2.45, 2.75) is 70.7 Å². The van der Waals surface area contributed by atoms with Crippen LogP contribution in [0.4, 0.5) is 5.69 Å². The number of nitrogens with zero attached hydrogens (tertiary/aromatic N) is 2. The number of anilines is 1. The molecule has 5 atom stereocenters. The minimum atomic E-state index is -0.530. The lowest BCUT2D eigenvalue weighted by molar-refractivity contribution is -0.276. The lowest BCUT2D eigenvalue weighted by Gasteiger charge is -2.43. The predicted octanol–water partition coefficient (Wildman–Crippen LogP) is 4.49. The van der Waals surface area contributed by atoms with E-state index in [0.29, 0.717) is 6.04 Å². The summed E-state index contributed by atoms with van der Waals surface area (Å²) in [6.07, 6.45) is 4.47. The number of ether oxygens (including phenoxy) is 2. The highest BCUT2D eigenvalue weighted by atomic mass is 16.7. The van der Waals surface area contributed by atoms with Crippen LogP contribution in [0.1, 0.15) is 68.6 Å². The van der Waals surface area contributed by atoms with Crippen molar-refractivity contribution < 1.29 is 19.4 Å². The maximum atomic E-state index is 11.6. The standard InChI is InChI=1S/C30H41N3O4/c1-21-28(19-33-16-6-9-27(33)18-32-14-3-4-15-32)36-30(25-7-5-8-26(17-25)31-22(2)35)37-29(21)24-12-10-23(20-34)11-13-24/h5,7-8,10-13,17,21,27-30,34H,3-4,6,9,14-16,18-20H2,1-2H3,(H,31,35). The molecule has 5 rings (SSSR count). The van der Waals surface area contributed by atoms with Crippen molar-refractivity contribution in [2.75, 3.05) is 38.0 Å². The van der Waals surface area contributed by atoms with E-state index in [9.17, 15) is 9.90 Å². The topological polar surface area (TPSA) is 74.3 Å². The Morgan fingerprint density at radius 2 is 1.78 bits per heavy atom. The Balaban J connectivity index is 1.37. The maximum Gasteiger partial charge on any atom is 0.221 e. The van der Waals surface area contributed by atoms with Gasteiger partial charge in [0.25, 0.3) is 0 Å². The molecule has 37 heavy (non-hydrogen) atoms. The number of rotatable bonds is 8. The zero-order valence-corrected chi connectivity index (χ0v) is 22.1. The summed E-state index contributed by atoms with van der Waals surface area (Å²) in [6, 6.07) is 16.4. The lowest BCUT2D eigenvalue weighted by atomic mass is 9.90. The first-order chi connectivity index (χ1) is 18.0. The fourth-order valence-corrected chi connectivity index (χ4v) is 6.13. The molecule has 3 aliphatic rings. The highest BCUT2D eigenvalue weighted by molar-refractivity contribution is 5.88. The Morgan fingerprint density at radius 3 is 2.51 bits per heavy atom. The summed E-state index contributed by atoms with van der Waals surface area (Å²) in [6.45, 7) is 9.38. The largest absolute Gasteiger partial charge is 0.392 e. The van der Waals surface area contributed by atoms with Crippen molar-refractivity contribution >= 4 is 11.6 Å². The minimum absolute atomic E-state index is 0.00451. The Labute approximate surface area is 220 Å². The summed E-state index contributed by atoms with van der Waals surface area (Å²) in [7, 11) is 0. The first-order valence-corrected chi connectivity index (χ1v) is 13.8. The van der Waals surface area contributed by atoms with Crippen molar-refractivity contribution in [1.82, 2.24) is 9.80 Å². The van der Waals surface area contributed by atoms with Gasteiger partial charge in [-0.05, 0) is 68.6 Å². The lowest BCUT2D eigenvalue weighted by Crippen LogP contribution is -2.48. The van der Waals surface area contributed by atoms with Gasteiger partial charge in [0, 0.05) is 43.2 Å². The van der Waals surface area contributed by atoms with Gasteiger partial charge in [0.1, 0.15) is 0 Å². The van der Waals surface area contributed by atoms with Crippen LogP contribution < -0.4 is 5.32 Å². The molecule has 0 bridgehead atoms. The van der Waals surface area contributed by atoms with Gasteiger partial charge in [-0.1, -0.05) is 43.3 Å². The normalized spacial score (nSPS) is 29.0. The molecule has 5 unspecified atom stereocenters. The Kier molecular flexibility index (Phi) is 8.57. The van der Waals surface area contributed by atoms with Crippen LogP contribution in [0.25, 0.3) is 0 Å². The molecule has 2 aromatic carbocycles. The van der Waals surface area contributed by atoms with Gasteiger partial charge in [-0.2, -0.15) is 0 Å². The van der Waals surface area contributed by atoms with Crippen molar-refractivity contribution in [3.05, 3.63) is 65.2 Å². The van der Waals surface area contributed by atoms with Crippen LogP contribution in [-0.4, -0.2) is 65.7 Å². The van der Waals surface area contributed by atoms with E-state index < -0.39 is 6.29 Å². The molecular formula is C30H41N3O4. The number of carbonyl (C=O) groups is 1. The molecule has 200 valence electrons. The third kappa shape index (κ3) is 6.41. The Morgan fingerprint density at radius 1 is 1.00 bits per heavy atom. The SMILES string of the molecule is CC(=O)Nc1cccc(C2OC(CN3CCCC3CN3CCCC3)C(C)C(c3ccc(CO)cc3)O2)c1. The molecule has 0 spiro atoms. The van der Waals surface area contributed by atoms with Crippen molar-refractivity contribution in [3.63, 3.8) is 0 Å². The molecule has 3 saturated heterocycles. The van der Waals surface area contributed by atoms with E-state index in [2.05, 4.69) is 34.2 Å². The fourth-order valence-electron chi connectivity index (χ4n) is 6.13. The molecule has 0 saturated carbocycles. The molecule has 0 aromatic heterocycles. The second kappa shape index (κ2) is 12.0. The smallest absolute Gasteiger partial charge is 0.221 e. The molecule has 0 radical (unpaired) electrons. The van der Waals surface area contributed by atoms with Gasteiger partial charge < -0.3 is 24.8 Å². The second-order valence-corrected chi connectivity index (χ2v) is 10.9. The summed E-state index contributed by atoms with van der Waals surface area (Å²) < 4.78 is 13.3. The van der Waals surface area contributed by atoms with E-state index in [1.165, 1.54) is 45.7 Å². The summed E-state index contributed by atoms with van der Waals surface area (Å²) in [5, 5.41) is 12.4. The number of amides is 1. The third-order valence-electron chi connectivity index (χ3n) is 8.18. The van der Waals surface area contributed by atoms with Crippen LogP contribution in [0.5, 0.6) is 0 Å². The first-order valence-electron chi connectivity index (χ1n) is 13.8. The number of aliphatic hydroxyl groups excluding tert-OH is 1. The number of hydrogen-bond donors (Lipinski definition) is 2. The van der Waals surface area contributed by atoms with Gasteiger partial charge in [-0.3, -0.25) is 9.69 Å². The quantitative estimate of drug-likeness (QED) is 0.549. The van der Waals surface area contributed by atoms with E-state index in [0.717, 1.165) is 42.0 Å². The van der Waals surface area contributed by atoms with Crippen molar-refractivity contribution in [2.24, 2.45) is 5.92 Å². The summed E-state index contributed by atoms with van der Waals surface area (Å²) in [4.78, 5) is 16.9.